The van der Waals surface area contributed by atoms with Gasteiger partial charge in [0, 0.05) is 12.3 Å². The molecule has 0 fully saturated rings. The van der Waals surface area contributed by atoms with E-state index in [0.717, 1.165) is 22.9 Å². The fourth-order valence-corrected chi connectivity index (χ4v) is 3.57. The van der Waals surface area contributed by atoms with Crippen molar-refractivity contribution in [3.8, 4) is 22.9 Å². The number of hydrogen-bond acceptors (Lipinski definition) is 7. The Labute approximate surface area is 174 Å². The lowest BCUT2D eigenvalue weighted by Crippen LogP contribution is -2.20. The van der Waals surface area contributed by atoms with E-state index in [0.29, 0.717) is 29.8 Å². The number of aryl methyl sites for hydroxylation is 1. The summed E-state index contributed by atoms with van der Waals surface area (Å²) in [5.74, 6) is 3.41. The van der Waals surface area contributed by atoms with E-state index in [4.69, 9.17) is 13.9 Å². The number of hydrogen-bond donors (Lipinski definition) is 1. The minimum Gasteiger partial charge on any atom is -0.494 e. The number of aliphatic hydroxyl groups excluding tert-OH is 1. The van der Waals surface area contributed by atoms with Crippen molar-refractivity contribution in [2.45, 2.75) is 31.7 Å². The first-order valence-electron chi connectivity index (χ1n) is 9.37. The van der Waals surface area contributed by atoms with Crippen molar-refractivity contribution < 1.29 is 19.0 Å². The molecule has 3 aromatic rings. The molecule has 0 spiro atoms. The summed E-state index contributed by atoms with van der Waals surface area (Å²) in [6, 6.07) is 9.21. The molecule has 0 bridgehead atoms. The predicted octanol–water partition coefficient (Wildman–Crippen LogP) is 3.96. The van der Waals surface area contributed by atoms with Crippen molar-refractivity contribution in [3.63, 3.8) is 0 Å². The maximum Gasteiger partial charge on any atom is 0.191 e. The zero-order valence-electron chi connectivity index (χ0n) is 16.6. The molecule has 0 radical (unpaired) electrons. The Bertz CT molecular complexity index is 920. The Morgan fingerprint density at radius 3 is 2.55 bits per heavy atom. The molecule has 2 heterocycles. The van der Waals surface area contributed by atoms with E-state index in [1.807, 2.05) is 48.7 Å². The van der Waals surface area contributed by atoms with E-state index in [2.05, 4.69) is 16.8 Å². The number of furan rings is 1. The zero-order chi connectivity index (χ0) is 20.6. The normalized spacial score (nSPS) is 12.0. The number of thioether (sulfide) groups is 1. The third-order valence-corrected chi connectivity index (χ3v) is 5.22. The van der Waals surface area contributed by atoms with E-state index >= 15 is 0 Å². The molecular formula is C21H25N3O4S. The Morgan fingerprint density at radius 1 is 1.21 bits per heavy atom. The third-order valence-electron chi connectivity index (χ3n) is 4.11. The molecular weight excluding hydrogens is 390 g/mol. The number of allylic oxidation sites excluding steroid dienone is 1. The molecule has 1 unspecified atom stereocenters. The fourth-order valence-electron chi connectivity index (χ4n) is 2.72. The maximum atomic E-state index is 10.3. The van der Waals surface area contributed by atoms with Crippen LogP contribution in [0.2, 0.25) is 0 Å². The van der Waals surface area contributed by atoms with Crippen LogP contribution in [0.5, 0.6) is 11.5 Å². The molecule has 2 aromatic heterocycles. The third kappa shape index (κ3) is 5.42. The average molecular weight is 416 g/mol. The summed E-state index contributed by atoms with van der Waals surface area (Å²) in [4.78, 5) is 0. The van der Waals surface area contributed by atoms with Gasteiger partial charge in [0.25, 0.3) is 0 Å². The largest absolute Gasteiger partial charge is 0.494 e. The van der Waals surface area contributed by atoms with Gasteiger partial charge in [-0.3, -0.25) is 4.57 Å². The van der Waals surface area contributed by atoms with Gasteiger partial charge in [-0.15, -0.1) is 16.8 Å². The van der Waals surface area contributed by atoms with E-state index in [9.17, 15) is 5.11 Å². The van der Waals surface area contributed by atoms with Crippen LogP contribution in [0.4, 0.5) is 0 Å². The Kier molecular flexibility index (Phi) is 7.37. The van der Waals surface area contributed by atoms with Crippen molar-refractivity contribution in [3.05, 3.63) is 55.0 Å². The zero-order valence-corrected chi connectivity index (χ0v) is 17.4. The molecule has 3 rings (SSSR count). The van der Waals surface area contributed by atoms with Gasteiger partial charge in [0.1, 0.15) is 23.9 Å². The molecule has 0 saturated heterocycles. The summed E-state index contributed by atoms with van der Waals surface area (Å²) in [5.41, 5.74) is 0.894. The van der Waals surface area contributed by atoms with Gasteiger partial charge in [-0.05, 0) is 44.2 Å². The highest BCUT2D eigenvalue weighted by atomic mass is 32.2. The van der Waals surface area contributed by atoms with Crippen LogP contribution in [0.15, 0.2) is 58.8 Å². The van der Waals surface area contributed by atoms with Gasteiger partial charge in [0.15, 0.2) is 11.0 Å². The van der Waals surface area contributed by atoms with E-state index in [-0.39, 0.29) is 6.61 Å². The summed E-state index contributed by atoms with van der Waals surface area (Å²) in [6.45, 7) is 9.00. The second-order valence-corrected chi connectivity index (χ2v) is 7.26. The van der Waals surface area contributed by atoms with Gasteiger partial charge < -0.3 is 19.0 Å². The molecule has 1 N–H and O–H groups in total. The number of nitrogens with zero attached hydrogens (tertiary/aromatic N) is 3. The number of aliphatic hydroxyl groups is 1. The van der Waals surface area contributed by atoms with Crippen molar-refractivity contribution in [2.75, 3.05) is 19.0 Å². The standard InChI is InChI=1S/C21H25N3O4S/c1-4-11-24-20(19-10-12-27-15(19)3)22-23-21(24)29-14-16(25)13-28-18-8-6-17(7-9-18)26-5-2/h4,6-10,12,16,25H,1,5,11,13-14H2,2-3H3. The Hall–Kier alpha value is -2.71. The van der Waals surface area contributed by atoms with Crippen LogP contribution in [0.1, 0.15) is 12.7 Å². The first-order valence-corrected chi connectivity index (χ1v) is 10.4. The van der Waals surface area contributed by atoms with Crippen LogP contribution in [0, 0.1) is 6.92 Å². The average Bonchev–Trinajstić information content (AvgIpc) is 3.32. The summed E-state index contributed by atoms with van der Waals surface area (Å²) < 4.78 is 18.4. The van der Waals surface area contributed by atoms with Gasteiger partial charge in [-0.2, -0.15) is 0 Å². The molecule has 1 aromatic carbocycles. The highest BCUT2D eigenvalue weighted by molar-refractivity contribution is 7.99. The second-order valence-electron chi connectivity index (χ2n) is 6.28. The molecule has 0 aliphatic rings. The van der Waals surface area contributed by atoms with E-state index < -0.39 is 6.10 Å². The van der Waals surface area contributed by atoms with Gasteiger partial charge in [0.2, 0.25) is 0 Å². The lowest BCUT2D eigenvalue weighted by molar-refractivity contribution is 0.126. The van der Waals surface area contributed by atoms with Crippen LogP contribution in [-0.2, 0) is 6.54 Å². The Balaban J connectivity index is 1.57. The van der Waals surface area contributed by atoms with Crippen LogP contribution in [0.3, 0.4) is 0 Å². The molecule has 0 amide bonds. The fraction of sp³-hybridized carbons (Fsp3) is 0.333. The lowest BCUT2D eigenvalue weighted by atomic mass is 10.2. The molecule has 29 heavy (non-hydrogen) atoms. The first kappa shape index (κ1) is 21.0. The monoisotopic (exact) mass is 415 g/mol. The van der Waals surface area contributed by atoms with Crippen molar-refractivity contribution in [2.24, 2.45) is 0 Å². The van der Waals surface area contributed by atoms with Gasteiger partial charge in [0.05, 0.1) is 24.5 Å². The van der Waals surface area contributed by atoms with Crippen LogP contribution >= 0.6 is 11.8 Å². The summed E-state index contributed by atoms with van der Waals surface area (Å²) in [6.07, 6.45) is 2.77. The molecule has 154 valence electrons. The molecule has 7 nitrogen and oxygen atoms in total. The minimum atomic E-state index is -0.653. The number of benzene rings is 1. The quantitative estimate of drug-likeness (QED) is 0.375. The lowest BCUT2D eigenvalue weighted by Gasteiger charge is -2.13. The second kappa shape index (κ2) is 10.2. The highest BCUT2D eigenvalue weighted by Crippen LogP contribution is 2.27. The van der Waals surface area contributed by atoms with Crippen molar-refractivity contribution >= 4 is 11.8 Å². The predicted molar refractivity (Wildman–Crippen MR) is 112 cm³/mol. The number of aromatic nitrogens is 3. The van der Waals surface area contributed by atoms with Crippen LogP contribution < -0.4 is 9.47 Å². The van der Waals surface area contributed by atoms with Gasteiger partial charge in [-0.25, -0.2) is 0 Å². The molecule has 1 atom stereocenters. The van der Waals surface area contributed by atoms with Gasteiger partial charge >= 0.3 is 0 Å². The number of ether oxygens (including phenoxy) is 2. The molecule has 8 heteroatoms. The first-order chi connectivity index (χ1) is 14.1. The topological polar surface area (TPSA) is 82.5 Å². The Morgan fingerprint density at radius 2 is 1.93 bits per heavy atom. The van der Waals surface area contributed by atoms with E-state index in [1.54, 1.807) is 12.3 Å². The molecule has 0 saturated carbocycles. The smallest absolute Gasteiger partial charge is 0.191 e. The minimum absolute atomic E-state index is 0.185. The van der Waals surface area contributed by atoms with Crippen LogP contribution in [0.25, 0.3) is 11.4 Å². The molecule has 0 aliphatic heterocycles. The van der Waals surface area contributed by atoms with Crippen molar-refractivity contribution in [1.29, 1.82) is 0 Å². The SMILES string of the molecule is C=CCn1c(SCC(O)COc2ccc(OCC)cc2)nnc1-c1ccoc1C. The number of rotatable bonds is 11. The van der Waals surface area contributed by atoms with Crippen LogP contribution in [-0.4, -0.2) is 44.9 Å². The summed E-state index contributed by atoms with van der Waals surface area (Å²) in [7, 11) is 0. The summed E-state index contributed by atoms with van der Waals surface area (Å²) >= 11 is 1.42. The van der Waals surface area contributed by atoms with E-state index in [1.165, 1.54) is 11.8 Å². The summed E-state index contributed by atoms with van der Waals surface area (Å²) in [5, 5.41) is 19.6. The maximum absolute atomic E-state index is 10.3. The molecule has 0 aliphatic carbocycles. The highest BCUT2D eigenvalue weighted by Gasteiger charge is 2.18. The van der Waals surface area contributed by atoms with Gasteiger partial charge in [-0.1, -0.05) is 17.8 Å². The van der Waals surface area contributed by atoms with Crippen molar-refractivity contribution in [1.82, 2.24) is 14.8 Å².